The van der Waals surface area contributed by atoms with Crippen molar-refractivity contribution >= 4 is 39.6 Å². The third-order valence-corrected chi connectivity index (χ3v) is 13.7. The minimum Gasteiger partial charge on any atom is -0.347 e. The van der Waals surface area contributed by atoms with E-state index in [1.54, 1.807) is 6.92 Å². The van der Waals surface area contributed by atoms with Gasteiger partial charge in [-0.2, -0.15) is 0 Å². The molecule has 0 aromatic carbocycles. The Kier molecular flexibility index (Phi) is 11.0. The van der Waals surface area contributed by atoms with Crippen LogP contribution in [-0.4, -0.2) is 103 Å². The fourth-order valence-electron chi connectivity index (χ4n) is 7.90. The summed E-state index contributed by atoms with van der Waals surface area (Å²) in [5.74, 6) is -2.37. The molecule has 1 aliphatic heterocycles. The fourth-order valence-corrected chi connectivity index (χ4v) is 9.39. The van der Waals surface area contributed by atoms with Crippen LogP contribution in [0.4, 0.5) is 4.79 Å². The van der Waals surface area contributed by atoms with E-state index in [1.165, 1.54) is 23.3 Å². The summed E-state index contributed by atoms with van der Waals surface area (Å²) in [5.41, 5.74) is -1.97. The Morgan fingerprint density at radius 3 is 2.10 bits per heavy atom. The van der Waals surface area contributed by atoms with Gasteiger partial charge in [0.25, 0.3) is 5.91 Å². The summed E-state index contributed by atoms with van der Waals surface area (Å²) in [6.45, 7) is 13.4. The highest BCUT2D eigenvalue weighted by atomic mass is 32.2. The summed E-state index contributed by atoms with van der Waals surface area (Å²) in [4.78, 5) is 69.4. The third-order valence-electron chi connectivity index (χ3n) is 11.3. The van der Waals surface area contributed by atoms with Crippen molar-refractivity contribution in [3.63, 3.8) is 0 Å². The highest BCUT2D eigenvalue weighted by Crippen LogP contribution is 2.65. The molecule has 0 radical (unpaired) electrons. The Bertz CT molecular complexity index is 1380. The minimum absolute atomic E-state index is 0.00279. The normalized spacial score (nSPS) is 26.5. The number of amides is 5. The number of hydrogen-bond acceptors (Lipinski definition) is 7. The van der Waals surface area contributed by atoms with Gasteiger partial charge in [0, 0.05) is 26.7 Å². The van der Waals surface area contributed by atoms with Crippen LogP contribution in [0.3, 0.4) is 0 Å². The number of ketones is 1. The lowest BCUT2D eigenvalue weighted by Gasteiger charge is -2.44. The Hall–Kier alpha value is -2.74. The SMILES string of the molecule is CCC[C@H](NC(=O)[C@@H]1[C@@H]2[C@H](CN1C(=O)[C@@H](NC(=O)NC1([C@@H](C)S(=O)(=O)N(C)C)CCCCC1)C(C)(C)C)C2(C)C)C(=O)C(=O)NC1CC1. The van der Waals surface area contributed by atoms with Gasteiger partial charge in [0.1, 0.15) is 12.1 Å². The van der Waals surface area contributed by atoms with Crippen molar-refractivity contribution in [1.82, 2.24) is 30.5 Å². The predicted octanol–water partition coefficient (Wildman–Crippen LogP) is 2.30. The smallest absolute Gasteiger partial charge is 0.315 e. The van der Waals surface area contributed by atoms with E-state index in [-0.39, 0.29) is 29.7 Å². The molecular weight excluding hydrogens is 636 g/mol. The van der Waals surface area contributed by atoms with E-state index in [9.17, 15) is 32.4 Å². The van der Waals surface area contributed by atoms with Crippen LogP contribution in [-0.2, 0) is 29.2 Å². The van der Waals surface area contributed by atoms with Crippen molar-refractivity contribution in [2.45, 2.75) is 141 Å². The van der Waals surface area contributed by atoms with Gasteiger partial charge in [-0.1, -0.05) is 67.2 Å². The lowest BCUT2D eigenvalue weighted by Crippen LogP contribution is -2.65. The molecule has 0 bridgehead atoms. The second-order valence-corrected chi connectivity index (χ2v) is 18.9. The largest absolute Gasteiger partial charge is 0.347 e. The quantitative estimate of drug-likeness (QED) is 0.214. The number of Topliss-reactive ketones (excluding diaryl/α,β-unsaturated/α-hetero) is 1. The standard InChI is InChI=1S/C34H58N6O7S/c1-10-14-23(26(41)29(43)35-21-15-16-21)36-28(42)25-24-22(33(24,6)7)19-40(25)30(44)27(32(3,4)5)37-31(45)38-34(17-12-11-13-18-34)20(2)48(46,47)39(8)9/h20-25,27H,10-19H2,1-9H3,(H,35,43)(H,36,42)(H2,37,38,45)/t20-,22+,23+,24+,25+,27-/m1/s1. The van der Waals surface area contributed by atoms with E-state index < -0.39 is 73.9 Å². The molecule has 1 heterocycles. The van der Waals surface area contributed by atoms with Crippen molar-refractivity contribution in [2.24, 2.45) is 22.7 Å². The molecule has 48 heavy (non-hydrogen) atoms. The topological polar surface area (TPSA) is 174 Å². The minimum atomic E-state index is -3.70. The highest BCUT2D eigenvalue weighted by Gasteiger charge is 2.70. The van der Waals surface area contributed by atoms with E-state index in [2.05, 4.69) is 35.1 Å². The molecule has 4 aliphatic rings. The second kappa shape index (κ2) is 13.9. The number of fused-ring (bicyclic) bond motifs is 1. The van der Waals surface area contributed by atoms with Crippen molar-refractivity contribution < 1.29 is 32.4 Å². The van der Waals surface area contributed by atoms with Crippen molar-refractivity contribution in [1.29, 1.82) is 0 Å². The van der Waals surface area contributed by atoms with Crippen LogP contribution in [0, 0.1) is 22.7 Å². The van der Waals surface area contributed by atoms with Crippen molar-refractivity contribution in [2.75, 3.05) is 20.6 Å². The third kappa shape index (κ3) is 7.69. The lowest BCUT2D eigenvalue weighted by atomic mass is 9.79. The summed E-state index contributed by atoms with van der Waals surface area (Å²) in [5, 5.41) is 10.5. The van der Waals surface area contributed by atoms with E-state index >= 15 is 0 Å². The maximum Gasteiger partial charge on any atom is 0.315 e. The maximum atomic E-state index is 14.4. The second-order valence-electron chi connectivity index (χ2n) is 16.4. The average Bonchev–Trinajstić information content (AvgIpc) is 3.85. The van der Waals surface area contributed by atoms with E-state index in [1.807, 2.05) is 27.7 Å². The maximum absolute atomic E-state index is 14.4. The zero-order valence-corrected chi connectivity index (χ0v) is 31.1. The molecule has 0 spiro atoms. The van der Waals surface area contributed by atoms with Gasteiger partial charge < -0.3 is 26.2 Å². The van der Waals surface area contributed by atoms with Gasteiger partial charge in [0.15, 0.2) is 0 Å². The number of rotatable bonds is 13. The number of urea groups is 1. The molecule has 272 valence electrons. The molecule has 6 atom stereocenters. The van der Waals surface area contributed by atoms with Crippen LogP contribution in [0.1, 0.15) is 106 Å². The van der Waals surface area contributed by atoms with Gasteiger partial charge in [0.05, 0.1) is 16.8 Å². The Morgan fingerprint density at radius 1 is 0.979 bits per heavy atom. The average molecular weight is 695 g/mol. The van der Waals surface area contributed by atoms with Gasteiger partial charge in [0.2, 0.25) is 27.6 Å². The van der Waals surface area contributed by atoms with E-state index in [0.29, 0.717) is 25.8 Å². The predicted molar refractivity (Wildman–Crippen MR) is 182 cm³/mol. The van der Waals surface area contributed by atoms with Gasteiger partial charge in [-0.15, -0.1) is 0 Å². The summed E-state index contributed by atoms with van der Waals surface area (Å²) in [6.07, 6.45) is 5.97. The van der Waals surface area contributed by atoms with Crippen LogP contribution >= 0.6 is 0 Å². The number of carbonyl (C=O) groups is 5. The molecule has 4 fully saturated rings. The van der Waals surface area contributed by atoms with E-state index in [4.69, 9.17) is 0 Å². The Labute approximate surface area is 286 Å². The molecule has 5 amide bonds. The number of hydrogen-bond donors (Lipinski definition) is 4. The molecule has 3 saturated carbocycles. The molecular formula is C34H58N6O7S. The first-order valence-electron chi connectivity index (χ1n) is 17.6. The Balaban J connectivity index is 1.55. The molecule has 0 unspecified atom stereocenters. The first-order valence-corrected chi connectivity index (χ1v) is 19.1. The van der Waals surface area contributed by atoms with Crippen molar-refractivity contribution in [3.8, 4) is 0 Å². The first-order chi connectivity index (χ1) is 22.2. The number of likely N-dealkylation sites (tertiary alicyclic amines) is 1. The van der Waals surface area contributed by atoms with E-state index in [0.717, 1.165) is 32.1 Å². The number of piperidine rings is 1. The lowest BCUT2D eigenvalue weighted by molar-refractivity contribution is -0.145. The van der Waals surface area contributed by atoms with Crippen LogP contribution in [0.5, 0.6) is 0 Å². The number of carbonyl (C=O) groups excluding carboxylic acids is 5. The molecule has 14 heteroatoms. The number of nitrogens with zero attached hydrogens (tertiary/aromatic N) is 2. The van der Waals surface area contributed by atoms with Gasteiger partial charge in [-0.3, -0.25) is 19.2 Å². The van der Waals surface area contributed by atoms with Crippen LogP contribution < -0.4 is 21.3 Å². The molecule has 4 N–H and O–H groups in total. The number of nitrogens with one attached hydrogen (secondary N) is 4. The molecule has 0 aromatic rings. The first kappa shape index (κ1) is 38.1. The molecule has 0 aromatic heterocycles. The molecule has 1 saturated heterocycles. The van der Waals surface area contributed by atoms with Gasteiger partial charge >= 0.3 is 6.03 Å². The fraction of sp³-hybridized carbons (Fsp3) is 0.853. The zero-order valence-electron chi connectivity index (χ0n) is 30.3. The highest BCUT2D eigenvalue weighted by molar-refractivity contribution is 7.89. The summed E-state index contributed by atoms with van der Waals surface area (Å²) < 4.78 is 27.6. The summed E-state index contributed by atoms with van der Waals surface area (Å²) in [6, 6.07) is -3.54. The van der Waals surface area contributed by atoms with Gasteiger partial charge in [-0.25, -0.2) is 17.5 Å². The van der Waals surface area contributed by atoms with Crippen LogP contribution in [0.15, 0.2) is 0 Å². The molecule has 4 rings (SSSR count). The Morgan fingerprint density at radius 2 is 1.58 bits per heavy atom. The van der Waals surface area contributed by atoms with Crippen molar-refractivity contribution in [3.05, 3.63) is 0 Å². The molecule has 13 nitrogen and oxygen atoms in total. The zero-order chi connectivity index (χ0) is 36.0. The summed E-state index contributed by atoms with van der Waals surface area (Å²) in [7, 11) is -0.741. The van der Waals surface area contributed by atoms with Crippen LogP contribution in [0.25, 0.3) is 0 Å². The van der Waals surface area contributed by atoms with Crippen LogP contribution in [0.2, 0.25) is 0 Å². The summed E-state index contributed by atoms with van der Waals surface area (Å²) >= 11 is 0. The van der Waals surface area contributed by atoms with Gasteiger partial charge in [-0.05, 0) is 61.7 Å². The number of sulfonamides is 1. The monoisotopic (exact) mass is 694 g/mol. The molecule has 3 aliphatic carbocycles.